The zero-order valence-corrected chi connectivity index (χ0v) is 13.0. The molecule has 0 saturated heterocycles. The van der Waals surface area contributed by atoms with Crippen molar-refractivity contribution in [3.05, 3.63) is 40.6 Å². The molecule has 1 heterocycles. The lowest BCUT2D eigenvalue weighted by Crippen LogP contribution is -2.12. The van der Waals surface area contributed by atoms with E-state index in [1.54, 1.807) is 11.8 Å². The third-order valence-corrected chi connectivity index (χ3v) is 4.15. The molecule has 0 aliphatic heterocycles. The number of nitrogens with one attached hydrogen (secondary N) is 1. The van der Waals surface area contributed by atoms with Crippen molar-refractivity contribution >= 4 is 33.5 Å². The van der Waals surface area contributed by atoms with Gasteiger partial charge in [-0.15, -0.1) is 0 Å². The summed E-state index contributed by atoms with van der Waals surface area (Å²) in [5.74, 6) is 6.21. The van der Waals surface area contributed by atoms with Gasteiger partial charge < -0.3 is 5.43 Å². The molecule has 2 aromatic rings. The van der Waals surface area contributed by atoms with E-state index in [0.717, 1.165) is 32.8 Å². The van der Waals surface area contributed by atoms with Gasteiger partial charge >= 0.3 is 0 Å². The summed E-state index contributed by atoms with van der Waals surface area (Å²) in [5.41, 5.74) is 3.71. The van der Waals surface area contributed by atoms with Gasteiger partial charge in [0.05, 0.1) is 0 Å². The van der Waals surface area contributed by atoms with Gasteiger partial charge in [-0.3, -0.25) is 0 Å². The molecule has 1 aromatic heterocycles. The molecule has 4 nitrogen and oxygen atoms in total. The van der Waals surface area contributed by atoms with Crippen molar-refractivity contribution in [1.29, 1.82) is 0 Å². The first kappa shape index (κ1) is 14.3. The number of hydrogen-bond donors (Lipinski definition) is 2. The first-order valence-corrected chi connectivity index (χ1v) is 7.59. The van der Waals surface area contributed by atoms with Crippen LogP contribution in [0.5, 0.6) is 0 Å². The number of nitrogen functional groups attached to an aromatic ring is 1. The van der Waals surface area contributed by atoms with Gasteiger partial charge in [0.2, 0.25) is 0 Å². The third kappa shape index (κ3) is 3.68. The molecule has 3 N–H and O–H groups in total. The summed E-state index contributed by atoms with van der Waals surface area (Å²) in [6, 6.07) is 8.15. The van der Waals surface area contributed by atoms with Crippen LogP contribution in [0, 0.1) is 0 Å². The quantitative estimate of drug-likeness (QED) is 0.495. The Bertz CT molecular complexity index is 545. The summed E-state index contributed by atoms with van der Waals surface area (Å²) in [6.45, 7) is 2.13. The number of benzene rings is 1. The molecule has 0 aliphatic carbocycles. The van der Waals surface area contributed by atoms with E-state index in [2.05, 4.69) is 50.4 Å². The van der Waals surface area contributed by atoms with Crippen molar-refractivity contribution in [2.75, 3.05) is 5.43 Å². The van der Waals surface area contributed by atoms with Crippen molar-refractivity contribution in [1.82, 2.24) is 9.97 Å². The molecular formula is C13H15BrN4S. The Morgan fingerprint density at radius 1 is 1.26 bits per heavy atom. The summed E-state index contributed by atoms with van der Waals surface area (Å²) in [6.07, 6.45) is 3.46. The van der Waals surface area contributed by atoms with Crippen LogP contribution in [0.15, 0.2) is 45.0 Å². The van der Waals surface area contributed by atoms with Gasteiger partial charge in [0.1, 0.15) is 17.2 Å². The first-order chi connectivity index (χ1) is 9.24. The van der Waals surface area contributed by atoms with Gasteiger partial charge in [-0.05, 0) is 30.7 Å². The maximum absolute atomic E-state index is 5.51. The number of hydrazine groups is 1. The first-order valence-electron chi connectivity index (χ1n) is 5.98. The highest BCUT2D eigenvalue weighted by molar-refractivity contribution is 9.10. The second kappa shape index (κ2) is 6.88. The van der Waals surface area contributed by atoms with Crippen LogP contribution in [0.1, 0.15) is 18.9 Å². The zero-order chi connectivity index (χ0) is 13.7. The van der Waals surface area contributed by atoms with Crippen LogP contribution in [-0.2, 0) is 6.42 Å². The Balaban J connectivity index is 2.30. The number of hydrogen-bond acceptors (Lipinski definition) is 5. The molecule has 0 atom stereocenters. The van der Waals surface area contributed by atoms with Gasteiger partial charge in [0, 0.05) is 14.9 Å². The molecule has 1 aromatic carbocycles. The van der Waals surface area contributed by atoms with E-state index in [4.69, 9.17) is 5.84 Å². The predicted octanol–water partition coefficient (Wildman–Crippen LogP) is 3.63. The highest BCUT2D eigenvalue weighted by Gasteiger charge is 2.11. The second-order valence-electron chi connectivity index (χ2n) is 3.96. The molecule has 0 spiro atoms. The summed E-state index contributed by atoms with van der Waals surface area (Å²) < 4.78 is 1.07. The van der Waals surface area contributed by atoms with E-state index in [1.165, 1.54) is 6.33 Å². The number of nitrogens with two attached hydrogens (primary N) is 1. The predicted molar refractivity (Wildman–Crippen MR) is 82.1 cm³/mol. The standard InChI is InChI=1S/C13H15BrN4S/c1-2-3-11-12(18-15)16-8-17-13(11)19-10-6-4-9(14)5-7-10/h4-8H,2-3,15H2,1H3,(H,16,17,18). The van der Waals surface area contributed by atoms with Gasteiger partial charge in [-0.25, -0.2) is 15.8 Å². The smallest absolute Gasteiger partial charge is 0.147 e. The highest BCUT2D eigenvalue weighted by Crippen LogP contribution is 2.32. The number of nitrogens with zero attached hydrogens (tertiary/aromatic N) is 2. The third-order valence-electron chi connectivity index (χ3n) is 2.57. The number of anilines is 1. The normalized spacial score (nSPS) is 10.5. The monoisotopic (exact) mass is 338 g/mol. The molecule has 0 saturated carbocycles. The van der Waals surface area contributed by atoms with E-state index < -0.39 is 0 Å². The van der Waals surface area contributed by atoms with Crippen LogP contribution < -0.4 is 11.3 Å². The van der Waals surface area contributed by atoms with Crippen LogP contribution in [-0.4, -0.2) is 9.97 Å². The molecule has 0 radical (unpaired) electrons. The molecule has 100 valence electrons. The molecule has 6 heteroatoms. The van der Waals surface area contributed by atoms with Crippen LogP contribution in [0.3, 0.4) is 0 Å². The molecule has 0 aliphatic rings. The molecule has 0 bridgehead atoms. The Morgan fingerprint density at radius 2 is 2.00 bits per heavy atom. The molecule has 0 fully saturated rings. The molecule has 19 heavy (non-hydrogen) atoms. The summed E-state index contributed by atoms with van der Waals surface area (Å²) in [5, 5.41) is 0.951. The minimum Gasteiger partial charge on any atom is -0.308 e. The second-order valence-corrected chi connectivity index (χ2v) is 5.93. The van der Waals surface area contributed by atoms with Gasteiger partial charge in [-0.1, -0.05) is 41.0 Å². The highest BCUT2D eigenvalue weighted by atomic mass is 79.9. The fraction of sp³-hybridized carbons (Fsp3) is 0.231. The average molecular weight is 339 g/mol. The molecular weight excluding hydrogens is 324 g/mol. The van der Waals surface area contributed by atoms with Gasteiger partial charge in [-0.2, -0.15) is 0 Å². The lowest BCUT2D eigenvalue weighted by Gasteiger charge is -2.11. The van der Waals surface area contributed by atoms with Gasteiger partial charge in [0.15, 0.2) is 0 Å². The maximum Gasteiger partial charge on any atom is 0.147 e. The minimum atomic E-state index is 0.705. The fourth-order valence-electron chi connectivity index (χ4n) is 1.70. The average Bonchev–Trinajstić information content (AvgIpc) is 2.43. The van der Waals surface area contributed by atoms with Crippen LogP contribution in [0.4, 0.5) is 5.82 Å². The Kier molecular flexibility index (Phi) is 5.18. The summed E-state index contributed by atoms with van der Waals surface area (Å²) >= 11 is 5.06. The SMILES string of the molecule is CCCc1c(NN)ncnc1Sc1ccc(Br)cc1. The fourth-order valence-corrected chi connectivity index (χ4v) is 2.88. The number of aromatic nitrogens is 2. The molecule has 2 rings (SSSR count). The summed E-state index contributed by atoms with van der Waals surface area (Å²) in [4.78, 5) is 9.67. The Labute approximate surface area is 125 Å². The van der Waals surface area contributed by atoms with Crippen LogP contribution in [0.25, 0.3) is 0 Å². The van der Waals surface area contributed by atoms with Gasteiger partial charge in [0.25, 0.3) is 0 Å². The van der Waals surface area contributed by atoms with E-state index in [-0.39, 0.29) is 0 Å². The van der Waals surface area contributed by atoms with Crippen molar-refractivity contribution < 1.29 is 0 Å². The maximum atomic E-state index is 5.51. The topological polar surface area (TPSA) is 63.8 Å². The number of rotatable bonds is 5. The van der Waals surface area contributed by atoms with Crippen molar-refractivity contribution in [2.45, 2.75) is 29.7 Å². The van der Waals surface area contributed by atoms with Crippen molar-refractivity contribution in [3.8, 4) is 0 Å². The van der Waals surface area contributed by atoms with Crippen LogP contribution in [0.2, 0.25) is 0 Å². The Morgan fingerprint density at radius 3 is 2.63 bits per heavy atom. The lowest BCUT2D eigenvalue weighted by molar-refractivity contribution is 0.856. The van der Waals surface area contributed by atoms with Crippen molar-refractivity contribution in [2.24, 2.45) is 5.84 Å². The zero-order valence-electron chi connectivity index (χ0n) is 10.6. The van der Waals surface area contributed by atoms with E-state index in [1.807, 2.05) is 12.1 Å². The van der Waals surface area contributed by atoms with Crippen LogP contribution >= 0.6 is 27.7 Å². The lowest BCUT2D eigenvalue weighted by atomic mass is 10.2. The van der Waals surface area contributed by atoms with Crippen molar-refractivity contribution in [3.63, 3.8) is 0 Å². The van der Waals surface area contributed by atoms with E-state index >= 15 is 0 Å². The van der Waals surface area contributed by atoms with E-state index in [9.17, 15) is 0 Å². The molecule has 0 unspecified atom stereocenters. The minimum absolute atomic E-state index is 0.705. The van der Waals surface area contributed by atoms with E-state index in [0.29, 0.717) is 5.82 Å². The summed E-state index contributed by atoms with van der Waals surface area (Å²) in [7, 11) is 0. The Hall–Kier alpha value is -1.11. The largest absolute Gasteiger partial charge is 0.308 e. The number of halogens is 1. The molecule has 0 amide bonds.